The number of unbranched alkanes of at least 4 members (excludes halogenated alkanes) is 1. The van der Waals surface area contributed by atoms with Gasteiger partial charge in [0.1, 0.15) is 5.75 Å². The van der Waals surface area contributed by atoms with E-state index in [0.717, 1.165) is 30.7 Å². The zero-order valence-electron chi connectivity index (χ0n) is 13.0. The highest BCUT2D eigenvalue weighted by molar-refractivity contribution is 5.77. The molecule has 2 rings (SSSR count). The van der Waals surface area contributed by atoms with Crippen molar-refractivity contribution in [2.75, 3.05) is 13.7 Å². The molecule has 1 atom stereocenters. The van der Waals surface area contributed by atoms with Gasteiger partial charge in [0.25, 0.3) is 0 Å². The summed E-state index contributed by atoms with van der Waals surface area (Å²) in [6.07, 6.45) is 3.75. The Morgan fingerprint density at radius 3 is 2.55 bits per heavy atom. The van der Waals surface area contributed by atoms with Gasteiger partial charge in [0.2, 0.25) is 5.91 Å². The van der Waals surface area contributed by atoms with Crippen LogP contribution in [-0.4, -0.2) is 35.5 Å². The number of carboxylic acids is 1. The van der Waals surface area contributed by atoms with Crippen LogP contribution in [0.5, 0.6) is 5.75 Å². The molecule has 5 heteroatoms. The minimum Gasteiger partial charge on any atom is -0.497 e. The van der Waals surface area contributed by atoms with E-state index >= 15 is 0 Å². The van der Waals surface area contributed by atoms with E-state index in [1.54, 1.807) is 7.11 Å². The third kappa shape index (κ3) is 4.23. The molecule has 22 heavy (non-hydrogen) atoms. The lowest BCUT2D eigenvalue weighted by atomic mass is 10.0. The van der Waals surface area contributed by atoms with Crippen LogP contribution in [0.3, 0.4) is 0 Å². The van der Waals surface area contributed by atoms with E-state index in [1.165, 1.54) is 0 Å². The van der Waals surface area contributed by atoms with Crippen molar-refractivity contribution in [3.05, 3.63) is 29.8 Å². The smallest absolute Gasteiger partial charge is 0.303 e. The maximum Gasteiger partial charge on any atom is 0.303 e. The Bertz CT molecular complexity index is 512. The summed E-state index contributed by atoms with van der Waals surface area (Å²) in [4.78, 5) is 24.8. The van der Waals surface area contributed by atoms with Crippen molar-refractivity contribution in [1.82, 2.24) is 4.90 Å². The molecule has 1 heterocycles. The van der Waals surface area contributed by atoms with E-state index in [9.17, 15) is 9.59 Å². The lowest BCUT2D eigenvalue weighted by Gasteiger charge is -2.25. The molecule has 0 radical (unpaired) electrons. The number of methoxy groups -OCH3 is 1. The van der Waals surface area contributed by atoms with Crippen LogP contribution < -0.4 is 4.74 Å². The van der Waals surface area contributed by atoms with Gasteiger partial charge in [0.05, 0.1) is 13.2 Å². The Labute approximate surface area is 130 Å². The number of amides is 1. The van der Waals surface area contributed by atoms with Crippen LogP contribution in [0, 0.1) is 0 Å². The third-order valence-electron chi connectivity index (χ3n) is 4.11. The Kier molecular flexibility index (Phi) is 5.81. The van der Waals surface area contributed by atoms with Crippen molar-refractivity contribution in [2.45, 2.75) is 44.6 Å². The molecular formula is C17H23NO4. The van der Waals surface area contributed by atoms with E-state index in [1.807, 2.05) is 29.2 Å². The van der Waals surface area contributed by atoms with Crippen LogP contribution in [0.1, 0.15) is 50.1 Å². The van der Waals surface area contributed by atoms with Crippen molar-refractivity contribution in [1.29, 1.82) is 0 Å². The molecule has 1 fully saturated rings. The molecule has 1 amide bonds. The SMILES string of the molecule is COc1ccc(C2CCCN2C(=O)CCCCC(=O)O)cc1. The van der Waals surface area contributed by atoms with Gasteiger partial charge in [-0.2, -0.15) is 0 Å². The number of carboxylic acid groups (broad SMARTS) is 1. The van der Waals surface area contributed by atoms with Crippen molar-refractivity contribution >= 4 is 11.9 Å². The van der Waals surface area contributed by atoms with Gasteiger partial charge in [-0.05, 0) is 43.4 Å². The number of ether oxygens (including phenoxy) is 1. The normalized spacial score (nSPS) is 17.5. The molecule has 120 valence electrons. The Hall–Kier alpha value is -2.04. The molecule has 1 N–H and O–H groups in total. The Morgan fingerprint density at radius 1 is 1.23 bits per heavy atom. The van der Waals surface area contributed by atoms with E-state index in [4.69, 9.17) is 9.84 Å². The fraction of sp³-hybridized carbons (Fsp3) is 0.529. The summed E-state index contributed by atoms with van der Waals surface area (Å²) in [5.74, 6) is 0.140. The zero-order valence-corrected chi connectivity index (χ0v) is 13.0. The number of aliphatic carboxylic acids is 1. The topological polar surface area (TPSA) is 66.8 Å². The van der Waals surface area contributed by atoms with Crippen LogP contribution >= 0.6 is 0 Å². The average Bonchev–Trinajstić information content (AvgIpc) is 3.01. The van der Waals surface area contributed by atoms with Crippen molar-refractivity contribution in [3.8, 4) is 5.75 Å². The largest absolute Gasteiger partial charge is 0.497 e. The number of hydrogen-bond donors (Lipinski definition) is 1. The summed E-state index contributed by atoms with van der Waals surface area (Å²) in [5, 5.41) is 8.62. The van der Waals surface area contributed by atoms with E-state index in [2.05, 4.69) is 0 Å². The first kappa shape index (κ1) is 16.3. The van der Waals surface area contributed by atoms with E-state index in [-0.39, 0.29) is 18.4 Å². The van der Waals surface area contributed by atoms with Crippen LogP contribution in [0.4, 0.5) is 0 Å². The fourth-order valence-electron chi connectivity index (χ4n) is 2.93. The molecule has 1 aliphatic heterocycles. The van der Waals surface area contributed by atoms with Crippen molar-refractivity contribution < 1.29 is 19.4 Å². The van der Waals surface area contributed by atoms with Gasteiger partial charge in [-0.25, -0.2) is 0 Å². The van der Waals surface area contributed by atoms with E-state index < -0.39 is 5.97 Å². The minimum atomic E-state index is -0.801. The van der Waals surface area contributed by atoms with Gasteiger partial charge >= 0.3 is 5.97 Å². The molecule has 0 saturated carbocycles. The highest BCUT2D eigenvalue weighted by atomic mass is 16.5. The number of hydrogen-bond acceptors (Lipinski definition) is 3. The van der Waals surface area contributed by atoms with Crippen LogP contribution in [0.15, 0.2) is 24.3 Å². The molecule has 1 unspecified atom stereocenters. The highest BCUT2D eigenvalue weighted by Gasteiger charge is 2.29. The summed E-state index contributed by atoms with van der Waals surface area (Å²) in [6.45, 7) is 0.786. The molecule has 0 bridgehead atoms. The van der Waals surface area contributed by atoms with Crippen molar-refractivity contribution in [2.24, 2.45) is 0 Å². The van der Waals surface area contributed by atoms with Gasteiger partial charge in [-0.3, -0.25) is 9.59 Å². The lowest BCUT2D eigenvalue weighted by molar-refractivity contribution is -0.137. The molecule has 1 aromatic carbocycles. The molecule has 0 aromatic heterocycles. The zero-order chi connectivity index (χ0) is 15.9. The molecule has 1 aromatic rings. The highest BCUT2D eigenvalue weighted by Crippen LogP contribution is 2.33. The number of carbonyl (C=O) groups is 2. The van der Waals surface area contributed by atoms with Gasteiger partial charge < -0.3 is 14.7 Å². The van der Waals surface area contributed by atoms with Crippen LogP contribution in [0.25, 0.3) is 0 Å². The summed E-state index contributed by atoms with van der Waals surface area (Å²) in [7, 11) is 1.64. The standard InChI is InChI=1S/C17H23NO4/c1-22-14-10-8-13(9-11-14)15-5-4-12-18(15)16(19)6-2-3-7-17(20)21/h8-11,15H,2-7,12H2,1H3,(H,20,21). The fourth-order valence-corrected chi connectivity index (χ4v) is 2.93. The first-order valence-electron chi connectivity index (χ1n) is 7.77. The number of nitrogens with zero attached hydrogens (tertiary/aromatic N) is 1. The number of carbonyl (C=O) groups excluding carboxylic acids is 1. The van der Waals surface area contributed by atoms with E-state index in [0.29, 0.717) is 19.3 Å². The number of likely N-dealkylation sites (tertiary alicyclic amines) is 1. The van der Waals surface area contributed by atoms with Crippen molar-refractivity contribution in [3.63, 3.8) is 0 Å². The third-order valence-corrected chi connectivity index (χ3v) is 4.11. The first-order chi connectivity index (χ1) is 10.6. The second-order valence-electron chi connectivity index (χ2n) is 5.62. The van der Waals surface area contributed by atoms with Gasteiger partial charge in [-0.15, -0.1) is 0 Å². The molecule has 5 nitrogen and oxygen atoms in total. The second-order valence-corrected chi connectivity index (χ2v) is 5.62. The maximum atomic E-state index is 12.4. The second kappa shape index (κ2) is 7.82. The lowest BCUT2D eigenvalue weighted by Crippen LogP contribution is -2.30. The number of benzene rings is 1. The van der Waals surface area contributed by atoms with Crippen LogP contribution in [-0.2, 0) is 9.59 Å². The van der Waals surface area contributed by atoms with Crippen LogP contribution in [0.2, 0.25) is 0 Å². The predicted molar refractivity (Wildman–Crippen MR) is 82.8 cm³/mol. The molecule has 1 saturated heterocycles. The van der Waals surface area contributed by atoms with Gasteiger partial charge in [0.15, 0.2) is 0 Å². The molecule has 0 spiro atoms. The summed E-state index contributed by atoms with van der Waals surface area (Å²) >= 11 is 0. The van der Waals surface area contributed by atoms with Gasteiger partial charge in [-0.1, -0.05) is 12.1 Å². The summed E-state index contributed by atoms with van der Waals surface area (Å²) in [5.41, 5.74) is 1.14. The Balaban J connectivity index is 1.91. The first-order valence-corrected chi connectivity index (χ1v) is 7.77. The quantitative estimate of drug-likeness (QED) is 0.786. The monoisotopic (exact) mass is 305 g/mol. The Morgan fingerprint density at radius 2 is 1.91 bits per heavy atom. The summed E-state index contributed by atoms with van der Waals surface area (Å²) < 4.78 is 5.16. The molecule has 1 aliphatic rings. The predicted octanol–water partition coefficient (Wildman–Crippen LogP) is 3.00. The maximum absolute atomic E-state index is 12.4. The minimum absolute atomic E-state index is 0.128. The summed E-state index contributed by atoms with van der Waals surface area (Å²) in [6, 6.07) is 8.00. The molecule has 0 aliphatic carbocycles. The average molecular weight is 305 g/mol. The molecular weight excluding hydrogens is 282 g/mol. The van der Waals surface area contributed by atoms with Gasteiger partial charge in [0, 0.05) is 19.4 Å². The number of rotatable bonds is 7.